The van der Waals surface area contributed by atoms with E-state index in [1.165, 1.54) is 0 Å². The number of rotatable bonds is 5. The number of carbonyl (C=O) groups is 1. The fourth-order valence-corrected chi connectivity index (χ4v) is 2.92. The van der Waals surface area contributed by atoms with Gasteiger partial charge in [0.15, 0.2) is 5.76 Å². The zero-order valence-electron chi connectivity index (χ0n) is 12.9. The van der Waals surface area contributed by atoms with Crippen LogP contribution in [-0.4, -0.2) is 38.0 Å². The molecule has 1 aromatic heterocycles. The van der Waals surface area contributed by atoms with Gasteiger partial charge in [0.2, 0.25) is 0 Å². The molecule has 5 heteroatoms. The van der Waals surface area contributed by atoms with Crippen LogP contribution in [-0.2, 0) is 0 Å². The second-order valence-electron chi connectivity index (χ2n) is 6.35. The van der Waals surface area contributed by atoms with Crippen LogP contribution in [0.3, 0.4) is 0 Å². The van der Waals surface area contributed by atoms with E-state index in [1.54, 1.807) is 6.07 Å². The number of nitrogens with one attached hydrogen (secondary N) is 1. The molecule has 0 unspecified atom stereocenters. The average molecular weight is 353 g/mol. The summed E-state index contributed by atoms with van der Waals surface area (Å²) in [6.45, 7) is 5.76. The van der Waals surface area contributed by atoms with Crippen LogP contribution in [0.15, 0.2) is 33.2 Å². The molecule has 0 radical (unpaired) electrons. The summed E-state index contributed by atoms with van der Waals surface area (Å²) < 4.78 is 6.49. The Morgan fingerprint density at radius 3 is 2.71 bits per heavy atom. The summed E-state index contributed by atoms with van der Waals surface area (Å²) >= 11 is 3.43. The molecule has 0 aliphatic rings. The maximum atomic E-state index is 12.2. The Labute approximate surface area is 133 Å². The summed E-state index contributed by atoms with van der Waals surface area (Å²) in [5.74, 6) is 0.169. The van der Waals surface area contributed by atoms with Crippen LogP contribution in [0, 0.1) is 5.41 Å². The highest BCUT2D eigenvalue weighted by molar-refractivity contribution is 9.10. The third-order valence-electron chi connectivity index (χ3n) is 3.19. The van der Waals surface area contributed by atoms with E-state index in [9.17, 15) is 4.79 Å². The molecule has 0 atom stereocenters. The van der Waals surface area contributed by atoms with Crippen molar-refractivity contribution in [2.45, 2.75) is 13.8 Å². The Morgan fingerprint density at radius 2 is 2.10 bits per heavy atom. The highest BCUT2D eigenvalue weighted by Crippen LogP contribution is 2.27. The van der Waals surface area contributed by atoms with E-state index < -0.39 is 0 Å². The largest absolute Gasteiger partial charge is 0.450 e. The molecule has 0 fully saturated rings. The quantitative estimate of drug-likeness (QED) is 0.895. The minimum atomic E-state index is -0.176. The monoisotopic (exact) mass is 352 g/mol. The van der Waals surface area contributed by atoms with Gasteiger partial charge in [0.25, 0.3) is 5.91 Å². The Morgan fingerprint density at radius 1 is 1.38 bits per heavy atom. The summed E-state index contributed by atoms with van der Waals surface area (Å²) in [6, 6.07) is 7.52. The molecule has 0 spiro atoms. The van der Waals surface area contributed by atoms with E-state index in [0.29, 0.717) is 17.9 Å². The Kier molecular flexibility index (Phi) is 4.74. The Balaban J connectivity index is 2.07. The van der Waals surface area contributed by atoms with Crippen molar-refractivity contribution in [1.82, 2.24) is 10.2 Å². The lowest BCUT2D eigenvalue weighted by Crippen LogP contribution is -2.39. The van der Waals surface area contributed by atoms with E-state index in [1.807, 2.05) is 32.3 Å². The molecule has 0 aliphatic carbocycles. The van der Waals surface area contributed by atoms with Crippen molar-refractivity contribution in [3.63, 3.8) is 0 Å². The van der Waals surface area contributed by atoms with Crippen LogP contribution < -0.4 is 5.32 Å². The number of para-hydroxylation sites is 1. The molecular weight excluding hydrogens is 332 g/mol. The molecule has 21 heavy (non-hydrogen) atoms. The number of nitrogens with zero attached hydrogens (tertiary/aromatic N) is 1. The summed E-state index contributed by atoms with van der Waals surface area (Å²) in [5.41, 5.74) is 0.710. The van der Waals surface area contributed by atoms with Crippen molar-refractivity contribution in [1.29, 1.82) is 0 Å². The number of benzene rings is 1. The molecule has 114 valence electrons. The number of hydrogen-bond acceptors (Lipinski definition) is 3. The van der Waals surface area contributed by atoms with Gasteiger partial charge in [-0.15, -0.1) is 0 Å². The number of halogens is 1. The van der Waals surface area contributed by atoms with Crippen LogP contribution >= 0.6 is 15.9 Å². The van der Waals surface area contributed by atoms with Crippen molar-refractivity contribution in [3.05, 3.63) is 34.5 Å². The first kappa shape index (κ1) is 16.0. The van der Waals surface area contributed by atoms with Crippen LogP contribution in [0.1, 0.15) is 24.4 Å². The van der Waals surface area contributed by atoms with Crippen LogP contribution in [0.4, 0.5) is 0 Å². The molecule has 0 saturated carbocycles. The van der Waals surface area contributed by atoms with Gasteiger partial charge >= 0.3 is 0 Å². The van der Waals surface area contributed by atoms with E-state index in [0.717, 1.165) is 16.4 Å². The molecule has 0 aliphatic heterocycles. The third-order valence-corrected chi connectivity index (χ3v) is 3.82. The van der Waals surface area contributed by atoms with Gasteiger partial charge in [-0.1, -0.05) is 26.0 Å². The lowest BCUT2D eigenvalue weighted by molar-refractivity contribution is 0.0903. The van der Waals surface area contributed by atoms with Crippen molar-refractivity contribution >= 4 is 32.8 Å². The van der Waals surface area contributed by atoms with E-state index in [-0.39, 0.29) is 11.3 Å². The second-order valence-corrected chi connectivity index (χ2v) is 7.21. The fraction of sp³-hybridized carbons (Fsp3) is 0.438. The van der Waals surface area contributed by atoms with Gasteiger partial charge in [-0.3, -0.25) is 4.79 Å². The normalized spacial score (nSPS) is 12.1. The number of amides is 1. The second kappa shape index (κ2) is 6.20. The number of carbonyl (C=O) groups excluding carboxylic acids is 1. The molecule has 1 heterocycles. The Bertz CT molecular complexity index is 647. The van der Waals surface area contributed by atoms with Crippen LogP contribution in [0.25, 0.3) is 11.0 Å². The molecule has 4 nitrogen and oxygen atoms in total. The zero-order chi connectivity index (χ0) is 15.6. The summed E-state index contributed by atoms with van der Waals surface area (Å²) in [4.78, 5) is 14.3. The molecular formula is C16H21BrN2O2. The highest BCUT2D eigenvalue weighted by atomic mass is 79.9. The smallest absolute Gasteiger partial charge is 0.287 e. The van der Waals surface area contributed by atoms with E-state index in [4.69, 9.17) is 4.42 Å². The van der Waals surface area contributed by atoms with Crippen LogP contribution in [0.2, 0.25) is 0 Å². The molecule has 1 N–H and O–H groups in total. The standard InChI is InChI=1S/C16H21BrN2O2/c1-16(2,10-19(3)4)9-18-15(20)13-8-11-6-5-7-12(17)14(11)21-13/h5-8H,9-10H2,1-4H3,(H,18,20). The van der Waals surface area contributed by atoms with Crippen LogP contribution in [0.5, 0.6) is 0 Å². The maximum Gasteiger partial charge on any atom is 0.287 e. The van der Waals surface area contributed by atoms with E-state index in [2.05, 4.69) is 40.0 Å². The summed E-state index contributed by atoms with van der Waals surface area (Å²) in [5, 5.41) is 3.87. The fourth-order valence-electron chi connectivity index (χ4n) is 2.46. The first-order chi connectivity index (χ1) is 9.78. The number of fused-ring (bicyclic) bond motifs is 1. The Hall–Kier alpha value is -1.33. The first-order valence-electron chi connectivity index (χ1n) is 6.89. The summed E-state index contributed by atoms with van der Waals surface area (Å²) in [6.07, 6.45) is 0. The lowest BCUT2D eigenvalue weighted by atomic mass is 9.93. The maximum absolute atomic E-state index is 12.2. The molecule has 2 rings (SSSR count). The van der Waals surface area contributed by atoms with Gasteiger partial charge in [-0.05, 0) is 47.6 Å². The van der Waals surface area contributed by atoms with Crippen molar-refractivity contribution in [2.24, 2.45) is 5.41 Å². The average Bonchev–Trinajstić information content (AvgIpc) is 2.80. The highest BCUT2D eigenvalue weighted by Gasteiger charge is 2.21. The molecule has 0 saturated heterocycles. The zero-order valence-corrected chi connectivity index (χ0v) is 14.5. The van der Waals surface area contributed by atoms with Gasteiger partial charge in [0, 0.05) is 18.5 Å². The van der Waals surface area contributed by atoms with E-state index >= 15 is 0 Å². The molecule has 0 bridgehead atoms. The van der Waals surface area contributed by atoms with Gasteiger partial charge < -0.3 is 14.6 Å². The third kappa shape index (κ3) is 4.08. The first-order valence-corrected chi connectivity index (χ1v) is 7.69. The predicted octanol–water partition coefficient (Wildman–Crippen LogP) is 3.51. The molecule has 1 aromatic carbocycles. The van der Waals surface area contributed by atoms with Gasteiger partial charge in [-0.25, -0.2) is 0 Å². The topological polar surface area (TPSA) is 45.5 Å². The SMILES string of the molecule is CN(C)CC(C)(C)CNC(=O)c1cc2cccc(Br)c2o1. The lowest BCUT2D eigenvalue weighted by Gasteiger charge is -2.28. The number of furan rings is 1. The molecule has 1 amide bonds. The summed E-state index contributed by atoms with van der Waals surface area (Å²) in [7, 11) is 4.06. The number of hydrogen-bond donors (Lipinski definition) is 1. The van der Waals surface area contributed by atoms with Crippen molar-refractivity contribution < 1.29 is 9.21 Å². The van der Waals surface area contributed by atoms with Gasteiger partial charge in [0.05, 0.1) is 4.47 Å². The van der Waals surface area contributed by atoms with Gasteiger partial charge in [0.1, 0.15) is 5.58 Å². The van der Waals surface area contributed by atoms with Crippen molar-refractivity contribution in [3.8, 4) is 0 Å². The minimum absolute atomic E-state index is 0.00571. The van der Waals surface area contributed by atoms with Gasteiger partial charge in [-0.2, -0.15) is 0 Å². The van der Waals surface area contributed by atoms with Crippen molar-refractivity contribution in [2.75, 3.05) is 27.2 Å². The predicted molar refractivity (Wildman–Crippen MR) is 88.6 cm³/mol. The molecule has 2 aromatic rings. The minimum Gasteiger partial charge on any atom is -0.450 e.